The van der Waals surface area contributed by atoms with Crippen LogP contribution in [-0.2, 0) is 13.6 Å². The summed E-state index contributed by atoms with van der Waals surface area (Å²) in [6, 6.07) is 5.15. The van der Waals surface area contributed by atoms with E-state index in [-0.39, 0.29) is 5.91 Å². The van der Waals surface area contributed by atoms with Crippen molar-refractivity contribution >= 4 is 5.91 Å². The van der Waals surface area contributed by atoms with Crippen LogP contribution in [-0.4, -0.2) is 41.9 Å². The molecular formula is C16H21N3O3. The van der Waals surface area contributed by atoms with Crippen molar-refractivity contribution < 1.29 is 14.3 Å². The predicted octanol–water partition coefficient (Wildman–Crippen LogP) is 2.02. The largest absolute Gasteiger partial charge is 0.497 e. The summed E-state index contributed by atoms with van der Waals surface area (Å²) < 4.78 is 12.2. The average molecular weight is 303 g/mol. The molecule has 0 radical (unpaired) electrons. The first-order chi connectivity index (χ1) is 10.5. The highest BCUT2D eigenvalue weighted by molar-refractivity contribution is 5.95. The number of amides is 1. The zero-order chi connectivity index (χ0) is 16.3. The van der Waals surface area contributed by atoms with Crippen LogP contribution in [0.4, 0.5) is 0 Å². The SMILES string of the molecule is COc1cc(OC)cc(C(=O)N(C)Cc2cnn(C)c2C)c1. The lowest BCUT2D eigenvalue weighted by Gasteiger charge is -2.18. The lowest BCUT2D eigenvalue weighted by molar-refractivity contribution is 0.0784. The molecule has 1 heterocycles. The first-order valence-corrected chi connectivity index (χ1v) is 6.92. The molecule has 0 saturated heterocycles. The number of carbonyl (C=O) groups is 1. The third-order valence-electron chi connectivity index (χ3n) is 3.69. The van der Waals surface area contributed by atoms with E-state index in [0.717, 1.165) is 11.3 Å². The third kappa shape index (κ3) is 3.21. The standard InChI is InChI=1S/C16H21N3O3/c1-11-13(9-17-19(11)3)10-18(2)16(20)12-6-14(21-4)8-15(7-12)22-5/h6-9H,10H2,1-5H3. The fourth-order valence-corrected chi connectivity index (χ4v) is 2.18. The third-order valence-corrected chi connectivity index (χ3v) is 3.69. The summed E-state index contributed by atoms with van der Waals surface area (Å²) in [7, 11) is 6.77. The number of nitrogens with zero attached hydrogens (tertiary/aromatic N) is 3. The van der Waals surface area contributed by atoms with Crippen LogP contribution >= 0.6 is 0 Å². The van der Waals surface area contributed by atoms with Crippen LogP contribution in [0.5, 0.6) is 11.5 Å². The van der Waals surface area contributed by atoms with Gasteiger partial charge in [0.1, 0.15) is 11.5 Å². The Morgan fingerprint density at radius 1 is 1.23 bits per heavy atom. The van der Waals surface area contributed by atoms with E-state index in [4.69, 9.17) is 9.47 Å². The van der Waals surface area contributed by atoms with Gasteiger partial charge in [0.25, 0.3) is 5.91 Å². The number of hydrogen-bond acceptors (Lipinski definition) is 4. The van der Waals surface area contributed by atoms with Gasteiger partial charge in [-0.05, 0) is 19.1 Å². The first kappa shape index (κ1) is 15.9. The molecule has 22 heavy (non-hydrogen) atoms. The molecule has 0 atom stereocenters. The molecule has 1 aromatic carbocycles. The number of ether oxygens (including phenoxy) is 2. The van der Waals surface area contributed by atoms with Crippen LogP contribution in [0.1, 0.15) is 21.6 Å². The van der Waals surface area contributed by atoms with E-state index in [0.29, 0.717) is 23.6 Å². The molecule has 1 aromatic heterocycles. The maximum Gasteiger partial charge on any atom is 0.254 e. The smallest absolute Gasteiger partial charge is 0.254 e. The van der Waals surface area contributed by atoms with Crippen molar-refractivity contribution in [1.82, 2.24) is 14.7 Å². The second-order valence-electron chi connectivity index (χ2n) is 5.14. The summed E-state index contributed by atoms with van der Waals surface area (Å²) in [6.07, 6.45) is 1.78. The summed E-state index contributed by atoms with van der Waals surface area (Å²) in [5.41, 5.74) is 2.59. The molecule has 0 aliphatic rings. The van der Waals surface area contributed by atoms with Gasteiger partial charge in [-0.15, -0.1) is 0 Å². The minimum absolute atomic E-state index is 0.0968. The van der Waals surface area contributed by atoms with Gasteiger partial charge in [-0.1, -0.05) is 0 Å². The van der Waals surface area contributed by atoms with Gasteiger partial charge in [-0.25, -0.2) is 0 Å². The highest BCUT2D eigenvalue weighted by atomic mass is 16.5. The van der Waals surface area contributed by atoms with E-state index < -0.39 is 0 Å². The maximum atomic E-state index is 12.6. The van der Waals surface area contributed by atoms with Gasteiger partial charge in [0.05, 0.1) is 20.4 Å². The van der Waals surface area contributed by atoms with Gasteiger partial charge >= 0.3 is 0 Å². The average Bonchev–Trinajstić information content (AvgIpc) is 2.85. The Morgan fingerprint density at radius 2 is 1.82 bits per heavy atom. The van der Waals surface area contributed by atoms with E-state index in [2.05, 4.69) is 5.10 Å². The fourth-order valence-electron chi connectivity index (χ4n) is 2.18. The first-order valence-electron chi connectivity index (χ1n) is 6.92. The van der Waals surface area contributed by atoms with Gasteiger partial charge in [0.2, 0.25) is 0 Å². The van der Waals surface area contributed by atoms with Crippen LogP contribution in [0.15, 0.2) is 24.4 Å². The number of carbonyl (C=O) groups excluding carboxylic acids is 1. The van der Waals surface area contributed by atoms with Gasteiger partial charge in [0.15, 0.2) is 0 Å². The minimum atomic E-state index is -0.0968. The van der Waals surface area contributed by atoms with E-state index in [9.17, 15) is 4.79 Å². The topological polar surface area (TPSA) is 56.6 Å². The molecule has 0 fully saturated rings. The Bertz CT molecular complexity index is 657. The highest BCUT2D eigenvalue weighted by Gasteiger charge is 2.16. The van der Waals surface area contributed by atoms with E-state index in [1.807, 2.05) is 14.0 Å². The zero-order valence-corrected chi connectivity index (χ0v) is 13.6. The number of aromatic nitrogens is 2. The van der Waals surface area contributed by atoms with Crippen LogP contribution in [0, 0.1) is 6.92 Å². The Balaban J connectivity index is 2.21. The second kappa shape index (κ2) is 6.51. The minimum Gasteiger partial charge on any atom is -0.497 e. The van der Waals surface area contributed by atoms with Gasteiger partial charge < -0.3 is 14.4 Å². The summed E-state index contributed by atoms with van der Waals surface area (Å²) in [5, 5.41) is 4.19. The zero-order valence-electron chi connectivity index (χ0n) is 13.6. The molecule has 0 unspecified atom stereocenters. The van der Waals surface area contributed by atoms with Crippen LogP contribution in [0.2, 0.25) is 0 Å². The van der Waals surface area contributed by atoms with Crippen molar-refractivity contribution in [2.45, 2.75) is 13.5 Å². The summed E-state index contributed by atoms with van der Waals surface area (Å²) in [6.45, 7) is 2.48. The van der Waals surface area contributed by atoms with Crippen molar-refractivity contribution in [2.75, 3.05) is 21.3 Å². The fraction of sp³-hybridized carbons (Fsp3) is 0.375. The molecule has 6 nitrogen and oxygen atoms in total. The van der Waals surface area contributed by atoms with Gasteiger partial charge in [0, 0.05) is 43.5 Å². The molecule has 0 aliphatic carbocycles. The molecule has 118 valence electrons. The van der Waals surface area contributed by atoms with Crippen molar-refractivity contribution in [3.8, 4) is 11.5 Å². The Hall–Kier alpha value is -2.50. The summed E-state index contributed by atoms with van der Waals surface area (Å²) in [4.78, 5) is 14.2. The van der Waals surface area contributed by atoms with Crippen LogP contribution in [0.25, 0.3) is 0 Å². The molecule has 0 saturated carbocycles. The monoisotopic (exact) mass is 303 g/mol. The Kier molecular flexibility index (Phi) is 4.70. The molecule has 0 bridgehead atoms. The molecule has 2 aromatic rings. The predicted molar refractivity (Wildman–Crippen MR) is 83.3 cm³/mol. The second-order valence-corrected chi connectivity index (χ2v) is 5.14. The molecule has 0 spiro atoms. The van der Waals surface area contributed by atoms with Gasteiger partial charge in [-0.3, -0.25) is 9.48 Å². The van der Waals surface area contributed by atoms with Crippen molar-refractivity contribution in [3.63, 3.8) is 0 Å². The molecule has 2 rings (SSSR count). The van der Waals surface area contributed by atoms with Crippen molar-refractivity contribution in [1.29, 1.82) is 0 Å². The van der Waals surface area contributed by atoms with Crippen molar-refractivity contribution in [2.24, 2.45) is 7.05 Å². The quantitative estimate of drug-likeness (QED) is 0.848. The van der Waals surface area contributed by atoms with E-state index in [1.54, 1.807) is 55.2 Å². The number of methoxy groups -OCH3 is 2. The highest BCUT2D eigenvalue weighted by Crippen LogP contribution is 2.23. The van der Waals surface area contributed by atoms with E-state index in [1.165, 1.54) is 0 Å². The molecular weight excluding hydrogens is 282 g/mol. The van der Waals surface area contributed by atoms with Gasteiger partial charge in [-0.2, -0.15) is 5.10 Å². The number of rotatable bonds is 5. The Morgan fingerprint density at radius 3 is 2.27 bits per heavy atom. The van der Waals surface area contributed by atoms with Crippen molar-refractivity contribution in [3.05, 3.63) is 41.2 Å². The number of aryl methyl sites for hydroxylation is 1. The van der Waals surface area contributed by atoms with Crippen LogP contribution < -0.4 is 9.47 Å². The summed E-state index contributed by atoms with van der Waals surface area (Å²) in [5.74, 6) is 1.09. The normalized spacial score (nSPS) is 10.4. The molecule has 1 amide bonds. The van der Waals surface area contributed by atoms with Crippen LogP contribution in [0.3, 0.4) is 0 Å². The number of benzene rings is 1. The molecule has 0 aliphatic heterocycles. The van der Waals surface area contributed by atoms with E-state index >= 15 is 0 Å². The lowest BCUT2D eigenvalue weighted by Crippen LogP contribution is -2.26. The Labute approximate surface area is 130 Å². The number of hydrogen-bond donors (Lipinski definition) is 0. The molecule has 6 heteroatoms. The summed E-state index contributed by atoms with van der Waals surface area (Å²) >= 11 is 0. The lowest BCUT2D eigenvalue weighted by atomic mass is 10.1. The maximum absolute atomic E-state index is 12.6. The molecule has 0 N–H and O–H groups in total.